The van der Waals surface area contributed by atoms with Crippen LogP contribution in [0.5, 0.6) is 11.5 Å². The Kier molecular flexibility index (Phi) is 6.33. The van der Waals surface area contributed by atoms with Crippen LogP contribution in [0.4, 0.5) is 0 Å². The summed E-state index contributed by atoms with van der Waals surface area (Å²) >= 11 is 6.12. The van der Waals surface area contributed by atoms with Crippen molar-refractivity contribution >= 4 is 46.3 Å². The zero-order valence-electron chi connectivity index (χ0n) is 14.9. The van der Waals surface area contributed by atoms with Gasteiger partial charge in [0.1, 0.15) is 10.9 Å². The van der Waals surface area contributed by atoms with E-state index in [0.717, 1.165) is 22.2 Å². The number of carboxylic acids is 1. The Morgan fingerprint density at radius 2 is 1.96 bits per heavy atom. The highest BCUT2D eigenvalue weighted by molar-refractivity contribution is 8.26. The molecule has 0 aromatic heterocycles. The summed E-state index contributed by atoms with van der Waals surface area (Å²) in [5.74, 6) is -0.718. The minimum absolute atomic E-state index is 0.190. The Balaban J connectivity index is 1.76. The number of carbonyl (C=O) groups is 2. The number of ether oxygens (including phenoxy) is 2. The molecule has 0 atom stereocenters. The molecule has 0 unspecified atom stereocenters. The van der Waals surface area contributed by atoms with E-state index in [1.165, 1.54) is 7.11 Å². The number of hydrogen-bond acceptors (Lipinski definition) is 7. The van der Waals surface area contributed by atoms with Gasteiger partial charge in [0.2, 0.25) is 0 Å². The SMILES string of the molecule is COc1cc(/C=C2\SC(=S)N(CC(=O)[O-])C2=O)ccc1OCc1ccccc1. The fourth-order valence-corrected chi connectivity index (χ4v) is 3.80. The molecular formula is C20H16NO5S2-. The summed E-state index contributed by atoms with van der Waals surface area (Å²) in [4.78, 5) is 24.5. The van der Waals surface area contributed by atoms with E-state index < -0.39 is 18.4 Å². The van der Waals surface area contributed by atoms with Gasteiger partial charge < -0.3 is 19.4 Å². The van der Waals surface area contributed by atoms with Gasteiger partial charge in [-0.1, -0.05) is 60.4 Å². The van der Waals surface area contributed by atoms with Crippen molar-refractivity contribution < 1.29 is 24.2 Å². The maximum atomic E-state index is 12.3. The predicted molar refractivity (Wildman–Crippen MR) is 109 cm³/mol. The van der Waals surface area contributed by atoms with Crippen molar-refractivity contribution in [2.75, 3.05) is 13.7 Å². The summed E-state index contributed by atoms with van der Waals surface area (Å²) in [7, 11) is 1.54. The topological polar surface area (TPSA) is 78.9 Å². The summed E-state index contributed by atoms with van der Waals surface area (Å²) < 4.78 is 11.4. The van der Waals surface area contributed by atoms with Crippen molar-refractivity contribution in [3.63, 3.8) is 0 Å². The first-order valence-electron chi connectivity index (χ1n) is 8.28. The average molecular weight is 414 g/mol. The van der Waals surface area contributed by atoms with Crippen LogP contribution in [-0.4, -0.2) is 34.8 Å². The Morgan fingerprint density at radius 3 is 2.64 bits per heavy atom. The molecular weight excluding hydrogens is 398 g/mol. The predicted octanol–water partition coefficient (Wildman–Crippen LogP) is 2.23. The van der Waals surface area contributed by atoms with Crippen molar-refractivity contribution in [3.8, 4) is 11.5 Å². The molecule has 1 aliphatic rings. The van der Waals surface area contributed by atoms with Gasteiger partial charge in [0.05, 0.1) is 24.5 Å². The summed E-state index contributed by atoms with van der Waals surface area (Å²) in [5, 5.41) is 10.8. The van der Waals surface area contributed by atoms with Crippen LogP contribution in [0.2, 0.25) is 0 Å². The van der Waals surface area contributed by atoms with E-state index in [-0.39, 0.29) is 4.32 Å². The Hall–Kier alpha value is -2.84. The second kappa shape index (κ2) is 8.90. The molecule has 1 fully saturated rings. The molecule has 3 rings (SSSR count). The molecule has 2 aromatic carbocycles. The molecule has 0 radical (unpaired) electrons. The maximum Gasteiger partial charge on any atom is 0.266 e. The van der Waals surface area contributed by atoms with E-state index in [2.05, 4.69) is 0 Å². The molecule has 0 N–H and O–H groups in total. The van der Waals surface area contributed by atoms with E-state index >= 15 is 0 Å². The lowest BCUT2D eigenvalue weighted by Gasteiger charge is -2.14. The number of thiocarbonyl (C=S) groups is 1. The number of amides is 1. The fraction of sp³-hybridized carbons (Fsp3) is 0.150. The third kappa shape index (κ3) is 4.71. The number of aliphatic carboxylic acids is 1. The smallest absolute Gasteiger partial charge is 0.266 e. The van der Waals surface area contributed by atoms with E-state index in [9.17, 15) is 14.7 Å². The summed E-state index contributed by atoms with van der Waals surface area (Å²) in [5.41, 5.74) is 1.74. The van der Waals surface area contributed by atoms with Crippen molar-refractivity contribution in [1.82, 2.24) is 4.90 Å². The van der Waals surface area contributed by atoms with Crippen LogP contribution < -0.4 is 14.6 Å². The third-order valence-electron chi connectivity index (χ3n) is 3.88. The van der Waals surface area contributed by atoms with E-state index in [4.69, 9.17) is 21.7 Å². The molecule has 0 aliphatic carbocycles. The van der Waals surface area contributed by atoms with Gasteiger partial charge in [-0.15, -0.1) is 0 Å². The molecule has 0 spiro atoms. The molecule has 2 aromatic rings. The zero-order chi connectivity index (χ0) is 20.1. The maximum absolute atomic E-state index is 12.3. The standard InChI is InChI=1S/C20H17NO5S2/c1-25-16-9-14(7-8-15(16)26-12-13-5-3-2-4-6-13)10-17-19(24)21(11-18(22)23)20(27)28-17/h2-10H,11-12H2,1H3,(H,22,23)/p-1/b17-10-. The lowest BCUT2D eigenvalue weighted by Crippen LogP contribution is -2.40. The van der Waals surface area contributed by atoms with Crippen LogP contribution in [0.25, 0.3) is 6.08 Å². The van der Waals surface area contributed by atoms with Crippen LogP contribution in [0.15, 0.2) is 53.4 Å². The van der Waals surface area contributed by atoms with Gasteiger partial charge in [0.15, 0.2) is 11.5 Å². The zero-order valence-corrected chi connectivity index (χ0v) is 16.5. The highest BCUT2D eigenvalue weighted by Gasteiger charge is 2.31. The first kappa shape index (κ1) is 19.9. The molecule has 1 saturated heterocycles. The largest absolute Gasteiger partial charge is 0.548 e. The van der Waals surface area contributed by atoms with Crippen molar-refractivity contribution in [1.29, 1.82) is 0 Å². The minimum Gasteiger partial charge on any atom is -0.548 e. The van der Waals surface area contributed by atoms with Crippen molar-refractivity contribution in [3.05, 3.63) is 64.6 Å². The second-order valence-corrected chi connectivity index (χ2v) is 7.50. The van der Waals surface area contributed by atoms with Crippen molar-refractivity contribution in [2.45, 2.75) is 6.61 Å². The molecule has 6 nitrogen and oxygen atoms in total. The molecule has 0 bridgehead atoms. The number of benzene rings is 2. The van der Waals surface area contributed by atoms with E-state index in [0.29, 0.717) is 28.6 Å². The number of carboxylic acid groups (broad SMARTS) is 1. The van der Waals surface area contributed by atoms with Crippen LogP contribution in [0.3, 0.4) is 0 Å². The number of carbonyl (C=O) groups excluding carboxylic acids is 2. The van der Waals surface area contributed by atoms with Crippen LogP contribution in [-0.2, 0) is 16.2 Å². The van der Waals surface area contributed by atoms with Crippen LogP contribution >= 0.6 is 24.0 Å². The highest BCUT2D eigenvalue weighted by atomic mass is 32.2. The Labute approximate surface area is 171 Å². The van der Waals surface area contributed by atoms with Gasteiger partial charge in [-0.05, 0) is 29.3 Å². The average Bonchev–Trinajstić information content (AvgIpc) is 2.94. The summed E-state index contributed by atoms with van der Waals surface area (Å²) in [6.45, 7) is -0.157. The first-order valence-corrected chi connectivity index (χ1v) is 9.50. The van der Waals surface area contributed by atoms with Gasteiger partial charge in [-0.3, -0.25) is 9.69 Å². The molecule has 144 valence electrons. The first-order chi connectivity index (χ1) is 13.5. The lowest BCUT2D eigenvalue weighted by molar-refractivity contribution is -0.305. The number of thioether (sulfide) groups is 1. The highest BCUT2D eigenvalue weighted by Crippen LogP contribution is 2.34. The molecule has 1 heterocycles. The molecule has 28 heavy (non-hydrogen) atoms. The number of methoxy groups -OCH3 is 1. The van der Waals surface area contributed by atoms with Crippen molar-refractivity contribution in [2.24, 2.45) is 0 Å². The van der Waals surface area contributed by atoms with Gasteiger partial charge in [-0.2, -0.15) is 0 Å². The second-order valence-electron chi connectivity index (χ2n) is 5.82. The third-order valence-corrected chi connectivity index (χ3v) is 5.26. The van der Waals surface area contributed by atoms with E-state index in [1.54, 1.807) is 24.3 Å². The number of nitrogens with zero attached hydrogens (tertiary/aromatic N) is 1. The molecule has 8 heteroatoms. The Morgan fingerprint density at radius 1 is 1.21 bits per heavy atom. The van der Waals surface area contributed by atoms with Gasteiger partial charge in [-0.25, -0.2) is 0 Å². The fourth-order valence-electron chi connectivity index (χ4n) is 2.55. The van der Waals surface area contributed by atoms with E-state index in [1.807, 2.05) is 30.3 Å². The van der Waals surface area contributed by atoms with Gasteiger partial charge >= 0.3 is 0 Å². The molecule has 1 amide bonds. The molecule has 1 aliphatic heterocycles. The van der Waals surface area contributed by atoms with Crippen LogP contribution in [0, 0.1) is 0 Å². The molecule has 0 saturated carbocycles. The summed E-state index contributed by atoms with van der Waals surface area (Å²) in [6.07, 6.45) is 1.64. The monoisotopic (exact) mass is 414 g/mol. The quantitative estimate of drug-likeness (QED) is 0.508. The number of rotatable bonds is 7. The normalized spacial score (nSPS) is 15.2. The Bertz CT molecular complexity index is 943. The van der Waals surface area contributed by atoms with Gasteiger partial charge in [0.25, 0.3) is 5.91 Å². The number of hydrogen-bond donors (Lipinski definition) is 0. The lowest BCUT2D eigenvalue weighted by atomic mass is 10.1. The van der Waals surface area contributed by atoms with Gasteiger partial charge in [0, 0.05) is 0 Å². The van der Waals surface area contributed by atoms with Crippen LogP contribution in [0.1, 0.15) is 11.1 Å². The minimum atomic E-state index is -1.36. The summed E-state index contributed by atoms with van der Waals surface area (Å²) in [6, 6.07) is 15.0.